The second-order valence-corrected chi connectivity index (χ2v) is 6.58. The normalized spacial score (nSPS) is 14.0. The number of rotatable bonds is 5. The maximum atomic E-state index is 12.5. The number of carbonyl (C=O) groups excluding carboxylic acids is 2. The molecule has 1 aliphatic rings. The lowest BCUT2D eigenvalue weighted by molar-refractivity contribution is -0.134. The molecule has 1 heterocycles. The number of nitrogens with one attached hydrogen (secondary N) is 1. The number of ether oxygens (including phenoxy) is 1. The van der Waals surface area contributed by atoms with Gasteiger partial charge in [-0.15, -0.1) is 0 Å². The molecular formula is C21H25N3O3. The molecule has 1 saturated heterocycles. The molecule has 0 spiro atoms. The number of aryl methyl sites for hydroxylation is 1. The Bertz CT molecular complexity index is 814. The van der Waals surface area contributed by atoms with Gasteiger partial charge >= 0.3 is 0 Å². The molecule has 0 atom stereocenters. The number of hydrogen-bond donors (Lipinski definition) is 1. The topological polar surface area (TPSA) is 61.9 Å². The quantitative estimate of drug-likeness (QED) is 0.826. The molecule has 27 heavy (non-hydrogen) atoms. The van der Waals surface area contributed by atoms with Gasteiger partial charge in [0.2, 0.25) is 11.8 Å². The van der Waals surface area contributed by atoms with E-state index in [-0.39, 0.29) is 18.2 Å². The average molecular weight is 367 g/mol. The molecule has 1 fully saturated rings. The fraction of sp³-hybridized carbons (Fsp3) is 0.333. The van der Waals surface area contributed by atoms with E-state index in [4.69, 9.17) is 4.74 Å². The number of carbonyl (C=O) groups is 2. The first-order valence-corrected chi connectivity index (χ1v) is 9.09. The van der Waals surface area contributed by atoms with Crippen molar-refractivity contribution in [1.29, 1.82) is 0 Å². The summed E-state index contributed by atoms with van der Waals surface area (Å²) in [6, 6.07) is 15.4. The molecule has 3 rings (SSSR count). The summed E-state index contributed by atoms with van der Waals surface area (Å²) in [5.41, 5.74) is 2.75. The van der Waals surface area contributed by atoms with E-state index in [2.05, 4.69) is 10.2 Å². The number of piperazine rings is 1. The SMILES string of the molecule is COc1ccccc1N1CCN(C(=O)CC(=O)Nc2ccccc2C)CC1. The fourth-order valence-corrected chi connectivity index (χ4v) is 3.24. The highest BCUT2D eigenvalue weighted by Crippen LogP contribution is 2.28. The lowest BCUT2D eigenvalue weighted by Gasteiger charge is -2.36. The summed E-state index contributed by atoms with van der Waals surface area (Å²) in [6.07, 6.45) is -0.136. The van der Waals surface area contributed by atoms with Crippen molar-refractivity contribution in [2.24, 2.45) is 0 Å². The van der Waals surface area contributed by atoms with Crippen LogP contribution in [-0.4, -0.2) is 50.0 Å². The van der Waals surface area contributed by atoms with Gasteiger partial charge < -0.3 is 19.9 Å². The van der Waals surface area contributed by atoms with E-state index in [0.29, 0.717) is 26.2 Å². The largest absolute Gasteiger partial charge is 0.495 e. The molecule has 6 nitrogen and oxygen atoms in total. The molecule has 0 bridgehead atoms. The second-order valence-electron chi connectivity index (χ2n) is 6.58. The van der Waals surface area contributed by atoms with E-state index < -0.39 is 0 Å². The Morgan fingerprint density at radius 2 is 1.67 bits per heavy atom. The van der Waals surface area contributed by atoms with Crippen molar-refractivity contribution in [1.82, 2.24) is 4.90 Å². The number of nitrogens with zero attached hydrogens (tertiary/aromatic N) is 2. The van der Waals surface area contributed by atoms with Crippen molar-refractivity contribution in [3.8, 4) is 5.75 Å². The third kappa shape index (κ3) is 4.58. The van der Waals surface area contributed by atoms with Gasteiger partial charge in [-0.25, -0.2) is 0 Å². The molecule has 2 amide bonds. The first kappa shape index (κ1) is 18.8. The Morgan fingerprint density at radius 3 is 2.37 bits per heavy atom. The van der Waals surface area contributed by atoms with Crippen molar-refractivity contribution in [3.63, 3.8) is 0 Å². The number of para-hydroxylation sites is 3. The maximum Gasteiger partial charge on any atom is 0.233 e. The molecule has 1 aliphatic heterocycles. The van der Waals surface area contributed by atoms with Gasteiger partial charge in [0.15, 0.2) is 0 Å². The molecule has 2 aromatic rings. The van der Waals surface area contributed by atoms with Crippen LogP contribution in [0.1, 0.15) is 12.0 Å². The number of hydrogen-bond acceptors (Lipinski definition) is 4. The monoisotopic (exact) mass is 367 g/mol. The Hall–Kier alpha value is -3.02. The van der Waals surface area contributed by atoms with E-state index in [1.165, 1.54) is 0 Å². The predicted octanol–water partition coefficient (Wildman–Crippen LogP) is 2.68. The molecule has 142 valence electrons. The summed E-state index contributed by atoms with van der Waals surface area (Å²) in [4.78, 5) is 28.6. The van der Waals surface area contributed by atoms with Crippen molar-refractivity contribution in [3.05, 3.63) is 54.1 Å². The van der Waals surface area contributed by atoms with Crippen LogP contribution in [0, 0.1) is 6.92 Å². The highest BCUT2D eigenvalue weighted by Gasteiger charge is 2.24. The van der Waals surface area contributed by atoms with E-state index in [1.807, 2.05) is 55.5 Å². The number of methoxy groups -OCH3 is 1. The summed E-state index contributed by atoms with van der Waals surface area (Å²) in [5.74, 6) is 0.414. The first-order valence-electron chi connectivity index (χ1n) is 9.09. The van der Waals surface area contributed by atoms with Crippen LogP contribution in [0.15, 0.2) is 48.5 Å². The molecule has 6 heteroatoms. The minimum atomic E-state index is -0.276. The minimum Gasteiger partial charge on any atom is -0.495 e. The molecule has 0 saturated carbocycles. The lowest BCUT2D eigenvalue weighted by atomic mass is 10.2. The smallest absolute Gasteiger partial charge is 0.233 e. The zero-order valence-corrected chi connectivity index (χ0v) is 15.8. The van der Waals surface area contributed by atoms with Gasteiger partial charge in [-0.05, 0) is 30.7 Å². The van der Waals surface area contributed by atoms with E-state index in [1.54, 1.807) is 12.0 Å². The molecule has 0 radical (unpaired) electrons. The van der Waals surface area contributed by atoms with Crippen molar-refractivity contribution in [2.45, 2.75) is 13.3 Å². The van der Waals surface area contributed by atoms with Crippen LogP contribution in [0.2, 0.25) is 0 Å². The summed E-state index contributed by atoms with van der Waals surface area (Å²) < 4.78 is 5.42. The highest BCUT2D eigenvalue weighted by atomic mass is 16.5. The molecule has 0 aromatic heterocycles. The Kier molecular flexibility index (Phi) is 5.96. The van der Waals surface area contributed by atoms with E-state index in [9.17, 15) is 9.59 Å². The summed E-state index contributed by atoms with van der Waals surface area (Å²) in [7, 11) is 1.66. The van der Waals surface area contributed by atoms with Crippen LogP contribution in [-0.2, 0) is 9.59 Å². The third-order valence-corrected chi connectivity index (χ3v) is 4.79. The maximum absolute atomic E-state index is 12.5. The van der Waals surface area contributed by atoms with Gasteiger partial charge in [-0.3, -0.25) is 9.59 Å². The van der Waals surface area contributed by atoms with Crippen LogP contribution < -0.4 is 15.0 Å². The summed E-state index contributed by atoms with van der Waals surface area (Å²) >= 11 is 0. The van der Waals surface area contributed by atoms with Gasteiger partial charge in [-0.2, -0.15) is 0 Å². The van der Waals surface area contributed by atoms with Crippen LogP contribution in [0.25, 0.3) is 0 Å². The minimum absolute atomic E-state index is 0.136. The van der Waals surface area contributed by atoms with Gasteiger partial charge in [0.25, 0.3) is 0 Å². The average Bonchev–Trinajstić information content (AvgIpc) is 2.69. The fourth-order valence-electron chi connectivity index (χ4n) is 3.24. The lowest BCUT2D eigenvalue weighted by Crippen LogP contribution is -2.49. The molecular weight excluding hydrogens is 342 g/mol. The van der Waals surface area contributed by atoms with E-state index in [0.717, 1.165) is 22.7 Å². The van der Waals surface area contributed by atoms with Crippen molar-refractivity contribution >= 4 is 23.2 Å². The first-order chi connectivity index (χ1) is 13.1. The number of benzene rings is 2. The van der Waals surface area contributed by atoms with Gasteiger partial charge in [0.1, 0.15) is 12.2 Å². The third-order valence-electron chi connectivity index (χ3n) is 4.79. The van der Waals surface area contributed by atoms with Gasteiger partial charge in [-0.1, -0.05) is 30.3 Å². The molecule has 0 unspecified atom stereocenters. The van der Waals surface area contributed by atoms with Gasteiger partial charge in [0.05, 0.1) is 12.8 Å². The zero-order chi connectivity index (χ0) is 19.2. The van der Waals surface area contributed by atoms with Gasteiger partial charge in [0, 0.05) is 31.9 Å². The van der Waals surface area contributed by atoms with E-state index >= 15 is 0 Å². The van der Waals surface area contributed by atoms with Crippen LogP contribution in [0.4, 0.5) is 11.4 Å². The Balaban J connectivity index is 1.52. The Labute approximate surface area is 159 Å². The van der Waals surface area contributed by atoms with Crippen molar-refractivity contribution in [2.75, 3.05) is 43.5 Å². The zero-order valence-electron chi connectivity index (χ0n) is 15.8. The second kappa shape index (κ2) is 8.58. The van der Waals surface area contributed by atoms with Crippen LogP contribution in [0.3, 0.4) is 0 Å². The standard InChI is InChI=1S/C21H25N3O3/c1-16-7-3-4-8-17(16)22-20(25)15-21(26)24-13-11-23(12-14-24)18-9-5-6-10-19(18)27-2/h3-10H,11-15H2,1-2H3,(H,22,25). The number of amides is 2. The number of anilines is 2. The Morgan fingerprint density at radius 1 is 1.00 bits per heavy atom. The summed E-state index contributed by atoms with van der Waals surface area (Å²) in [6.45, 7) is 4.54. The van der Waals surface area contributed by atoms with Crippen molar-refractivity contribution < 1.29 is 14.3 Å². The molecule has 2 aromatic carbocycles. The predicted molar refractivity (Wildman–Crippen MR) is 106 cm³/mol. The summed E-state index contributed by atoms with van der Waals surface area (Å²) in [5, 5.41) is 2.82. The molecule has 0 aliphatic carbocycles. The molecule has 1 N–H and O–H groups in total. The van der Waals surface area contributed by atoms with Crippen LogP contribution in [0.5, 0.6) is 5.75 Å². The highest BCUT2D eigenvalue weighted by molar-refractivity contribution is 6.03. The van der Waals surface area contributed by atoms with Crippen LogP contribution >= 0.6 is 0 Å².